The molecule has 0 saturated heterocycles. The Kier molecular flexibility index (Phi) is 14.2. The second kappa shape index (κ2) is 15.5. The van der Waals surface area contributed by atoms with Crippen molar-refractivity contribution >= 4 is 5.69 Å². The summed E-state index contributed by atoms with van der Waals surface area (Å²) in [6.07, 6.45) is 0. The van der Waals surface area contributed by atoms with E-state index in [2.05, 4.69) is 47.0 Å². The highest BCUT2D eigenvalue weighted by molar-refractivity contribution is 5.43. The molecule has 0 amide bonds. The molecule has 2 aromatic carbocycles. The van der Waals surface area contributed by atoms with Crippen molar-refractivity contribution in [3.8, 4) is 0 Å². The second-order valence-corrected chi connectivity index (χ2v) is 4.30. The molecule has 0 atom stereocenters. The normalized spacial score (nSPS) is 8.91. The van der Waals surface area contributed by atoms with Gasteiger partial charge in [-0.3, -0.25) is 0 Å². The minimum atomic E-state index is 0.802. The molecule has 2 N–H and O–H groups in total. The van der Waals surface area contributed by atoms with Gasteiger partial charge in [-0.2, -0.15) is 0 Å². The van der Waals surface area contributed by atoms with Crippen molar-refractivity contribution in [1.82, 2.24) is 5.32 Å². The molecule has 0 bridgehead atoms. The van der Waals surface area contributed by atoms with E-state index in [-0.39, 0.29) is 0 Å². The molecule has 0 spiro atoms. The van der Waals surface area contributed by atoms with Crippen LogP contribution in [0.5, 0.6) is 0 Å². The molecule has 0 aromatic heterocycles. The Morgan fingerprint density at radius 2 is 1.41 bits per heavy atom. The van der Waals surface area contributed by atoms with Crippen molar-refractivity contribution in [1.29, 1.82) is 0 Å². The third kappa shape index (κ3) is 10.9. The lowest BCUT2D eigenvalue weighted by molar-refractivity contribution is 0.201. The Hall–Kier alpha value is -1.84. The maximum absolute atomic E-state index is 4.72. The van der Waals surface area contributed by atoms with E-state index in [0.717, 1.165) is 25.4 Å². The van der Waals surface area contributed by atoms with Crippen LogP contribution in [0.25, 0.3) is 0 Å². The topological polar surface area (TPSA) is 33.3 Å². The summed E-state index contributed by atoms with van der Waals surface area (Å²) in [5.74, 6) is 0. The lowest BCUT2D eigenvalue weighted by Crippen LogP contribution is -2.12. The monoisotopic (exact) mass is 302 g/mol. The van der Waals surface area contributed by atoms with Crippen LogP contribution in [0.15, 0.2) is 60.7 Å². The van der Waals surface area contributed by atoms with Crippen LogP contribution in [0, 0.1) is 0 Å². The lowest BCUT2D eigenvalue weighted by atomic mass is 10.2. The van der Waals surface area contributed by atoms with Crippen LogP contribution in [-0.4, -0.2) is 27.3 Å². The quantitative estimate of drug-likeness (QED) is 0.785. The number of hydrogen-bond acceptors (Lipinski definition) is 3. The van der Waals surface area contributed by atoms with Gasteiger partial charge in [0.1, 0.15) is 0 Å². The molecule has 3 heteroatoms. The van der Waals surface area contributed by atoms with Gasteiger partial charge in [-0.1, -0.05) is 62.4 Å². The number of likely N-dealkylation sites (N-methyl/N-ethyl adjacent to an activating group) is 1. The average Bonchev–Trinajstić information content (AvgIpc) is 2.62. The standard InChI is InChI=1S/C13H13N.C4H11NO.C2H6/c1-3-7-12(8-4-1)11-14-13-9-5-2-6-10-13;1-5-3-4-6-2;1-2/h1-10,14H,11H2;5H,3-4H2,1-2H3;1-2H3. The lowest BCUT2D eigenvalue weighted by Gasteiger charge is -2.05. The summed E-state index contributed by atoms with van der Waals surface area (Å²) in [7, 11) is 3.59. The summed E-state index contributed by atoms with van der Waals surface area (Å²) in [6.45, 7) is 6.62. The predicted molar refractivity (Wildman–Crippen MR) is 97.4 cm³/mol. The Bertz CT molecular complexity index is 388. The average molecular weight is 302 g/mol. The van der Waals surface area contributed by atoms with Crippen LogP contribution in [-0.2, 0) is 11.3 Å². The number of ether oxygens (including phenoxy) is 1. The zero-order valence-corrected chi connectivity index (χ0v) is 14.3. The molecule has 0 aliphatic carbocycles. The van der Waals surface area contributed by atoms with E-state index in [9.17, 15) is 0 Å². The van der Waals surface area contributed by atoms with Crippen molar-refractivity contribution in [2.75, 3.05) is 32.6 Å². The SMILES string of the molecule is CC.CNCCOC.c1ccc(CNc2ccccc2)cc1. The first-order valence-corrected chi connectivity index (χ1v) is 7.83. The smallest absolute Gasteiger partial charge is 0.0587 e. The first kappa shape index (κ1) is 20.2. The highest BCUT2D eigenvalue weighted by Gasteiger charge is 1.90. The van der Waals surface area contributed by atoms with Gasteiger partial charge in [0.05, 0.1) is 6.61 Å². The summed E-state index contributed by atoms with van der Waals surface area (Å²) < 4.78 is 4.72. The van der Waals surface area contributed by atoms with E-state index in [0.29, 0.717) is 0 Å². The molecule has 22 heavy (non-hydrogen) atoms. The fourth-order valence-electron chi connectivity index (χ4n) is 1.56. The van der Waals surface area contributed by atoms with Gasteiger partial charge in [0, 0.05) is 25.9 Å². The van der Waals surface area contributed by atoms with Crippen LogP contribution in [0.1, 0.15) is 19.4 Å². The molecule has 2 rings (SSSR count). The van der Waals surface area contributed by atoms with Crippen LogP contribution in [0.3, 0.4) is 0 Å². The Morgan fingerprint density at radius 3 is 1.86 bits per heavy atom. The number of nitrogens with one attached hydrogen (secondary N) is 2. The number of methoxy groups -OCH3 is 1. The Balaban J connectivity index is 0.000000470. The highest BCUT2D eigenvalue weighted by atomic mass is 16.5. The number of hydrogen-bond donors (Lipinski definition) is 2. The van der Waals surface area contributed by atoms with Crippen molar-refractivity contribution in [2.24, 2.45) is 0 Å². The zero-order valence-electron chi connectivity index (χ0n) is 14.3. The van der Waals surface area contributed by atoms with Crippen LogP contribution >= 0.6 is 0 Å². The van der Waals surface area contributed by atoms with Crippen molar-refractivity contribution in [2.45, 2.75) is 20.4 Å². The van der Waals surface area contributed by atoms with Gasteiger partial charge in [-0.05, 0) is 24.7 Å². The summed E-state index contributed by atoms with van der Waals surface area (Å²) in [5.41, 5.74) is 2.47. The molecule has 0 aliphatic heterocycles. The molecule has 0 aliphatic rings. The van der Waals surface area contributed by atoms with E-state index in [4.69, 9.17) is 4.74 Å². The molecule has 3 nitrogen and oxygen atoms in total. The van der Waals surface area contributed by atoms with E-state index >= 15 is 0 Å². The van der Waals surface area contributed by atoms with Crippen LogP contribution in [0.4, 0.5) is 5.69 Å². The van der Waals surface area contributed by atoms with Gasteiger partial charge < -0.3 is 15.4 Å². The van der Waals surface area contributed by atoms with E-state index in [1.807, 2.05) is 45.2 Å². The molecule has 122 valence electrons. The fraction of sp³-hybridized carbons (Fsp3) is 0.368. The second-order valence-electron chi connectivity index (χ2n) is 4.30. The van der Waals surface area contributed by atoms with Gasteiger partial charge in [-0.15, -0.1) is 0 Å². The Morgan fingerprint density at radius 1 is 0.864 bits per heavy atom. The maximum Gasteiger partial charge on any atom is 0.0587 e. The van der Waals surface area contributed by atoms with Crippen molar-refractivity contribution in [3.05, 3.63) is 66.2 Å². The zero-order chi connectivity index (χ0) is 16.5. The fourth-order valence-corrected chi connectivity index (χ4v) is 1.56. The summed E-state index contributed by atoms with van der Waals surface area (Å²) in [4.78, 5) is 0. The van der Waals surface area contributed by atoms with Crippen molar-refractivity contribution < 1.29 is 4.74 Å². The molecular formula is C19H30N2O. The van der Waals surface area contributed by atoms with Crippen LogP contribution < -0.4 is 10.6 Å². The molecule has 2 aromatic rings. The van der Waals surface area contributed by atoms with E-state index in [1.54, 1.807) is 7.11 Å². The minimum Gasteiger partial charge on any atom is -0.383 e. The third-order valence-electron chi connectivity index (χ3n) is 2.67. The van der Waals surface area contributed by atoms with E-state index in [1.165, 1.54) is 5.56 Å². The molecule has 0 saturated carbocycles. The predicted octanol–water partition coefficient (Wildman–Crippen LogP) is 4.18. The van der Waals surface area contributed by atoms with Gasteiger partial charge >= 0.3 is 0 Å². The molecule has 0 radical (unpaired) electrons. The Labute approximate surface area is 135 Å². The molecule has 0 heterocycles. The van der Waals surface area contributed by atoms with Gasteiger partial charge in [0.15, 0.2) is 0 Å². The minimum absolute atomic E-state index is 0.802. The van der Waals surface area contributed by atoms with Gasteiger partial charge in [0.25, 0.3) is 0 Å². The molecular weight excluding hydrogens is 272 g/mol. The van der Waals surface area contributed by atoms with Crippen LogP contribution in [0.2, 0.25) is 0 Å². The number of rotatable bonds is 6. The summed E-state index contributed by atoms with van der Waals surface area (Å²) in [6, 6.07) is 20.6. The number of para-hydroxylation sites is 1. The third-order valence-corrected chi connectivity index (χ3v) is 2.67. The first-order chi connectivity index (χ1) is 10.9. The highest BCUT2D eigenvalue weighted by Crippen LogP contribution is 2.07. The van der Waals surface area contributed by atoms with Crippen molar-refractivity contribution in [3.63, 3.8) is 0 Å². The number of anilines is 1. The maximum atomic E-state index is 4.72. The first-order valence-electron chi connectivity index (χ1n) is 7.83. The van der Waals surface area contributed by atoms with Gasteiger partial charge in [0.2, 0.25) is 0 Å². The van der Waals surface area contributed by atoms with Gasteiger partial charge in [-0.25, -0.2) is 0 Å². The molecule has 0 fully saturated rings. The van der Waals surface area contributed by atoms with E-state index < -0.39 is 0 Å². The summed E-state index contributed by atoms with van der Waals surface area (Å²) >= 11 is 0. The number of benzene rings is 2. The largest absolute Gasteiger partial charge is 0.383 e. The molecule has 0 unspecified atom stereocenters. The summed E-state index contributed by atoms with van der Waals surface area (Å²) in [5, 5.41) is 6.30.